The minimum atomic E-state index is 0.350. The summed E-state index contributed by atoms with van der Waals surface area (Å²) in [6.45, 7) is 0. The minimum absolute atomic E-state index is 0.350. The molecule has 0 fully saturated rings. The van der Waals surface area contributed by atoms with Gasteiger partial charge >= 0.3 is 0 Å². The third-order valence-electron chi connectivity index (χ3n) is 1.97. The number of nitrogens with zero attached hydrogens (tertiary/aromatic N) is 2. The van der Waals surface area contributed by atoms with Crippen LogP contribution in [-0.2, 0) is 0 Å². The molecule has 0 spiro atoms. The normalized spacial score (nSPS) is 10.0. The second kappa shape index (κ2) is 3.33. The number of benzene rings is 1. The molecule has 2 aromatic rings. The lowest BCUT2D eigenvalue weighted by Crippen LogP contribution is -2.02. The van der Waals surface area contributed by atoms with E-state index in [-0.39, 0.29) is 0 Å². The number of imidazole rings is 1. The number of rotatable bonds is 2. The molecule has 0 aliphatic heterocycles. The fourth-order valence-corrected chi connectivity index (χ4v) is 1.31. The number of carbonyl (C=O) groups excluding carboxylic acids is 1. The third kappa shape index (κ3) is 1.26. The van der Waals surface area contributed by atoms with Crippen molar-refractivity contribution in [2.45, 2.75) is 0 Å². The quantitative estimate of drug-likeness (QED) is 0.568. The van der Waals surface area contributed by atoms with Crippen LogP contribution in [0.15, 0.2) is 36.7 Å². The van der Waals surface area contributed by atoms with E-state index in [1.807, 2.05) is 18.2 Å². The SMILES string of the molecule is Nc1ccccc1-n1ccnc1C=O. The topological polar surface area (TPSA) is 60.9 Å². The van der Waals surface area contributed by atoms with Gasteiger partial charge in [0.1, 0.15) is 0 Å². The van der Waals surface area contributed by atoms with Crippen LogP contribution in [0.2, 0.25) is 0 Å². The summed E-state index contributed by atoms with van der Waals surface area (Å²) in [5.41, 5.74) is 7.16. The molecule has 0 saturated carbocycles. The van der Waals surface area contributed by atoms with Crippen LogP contribution in [0.4, 0.5) is 5.69 Å². The lowest BCUT2D eigenvalue weighted by atomic mass is 10.2. The first-order valence-corrected chi connectivity index (χ1v) is 4.16. The summed E-state index contributed by atoms with van der Waals surface area (Å²) in [4.78, 5) is 14.5. The average Bonchev–Trinajstić information content (AvgIpc) is 2.66. The highest BCUT2D eigenvalue weighted by Crippen LogP contribution is 2.16. The van der Waals surface area contributed by atoms with E-state index in [4.69, 9.17) is 5.73 Å². The first-order chi connectivity index (χ1) is 6.83. The third-order valence-corrected chi connectivity index (χ3v) is 1.97. The zero-order valence-electron chi connectivity index (χ0n) is 7.42. The summed E-state index contributed by atoms with van der Waals surface area (Å²) < 4.78 is 1.66. The summed E-state index contributed by atoms with van der Waals surface area (Å²) >= 11 is 0. The molecule has 2 N–H and O–H groups in total. The van der Waals surface area contributed by atoms with E-state index in [0.717, 1.165) is 5.69 Å². The molecule has 4 nitrogen and oxygen atoms in total. The number of nitrogens with two attached hydrogens (primary N) is 1. The van der Waals surface area contributed by atoms with Crippen molar-refractivity contribution in [1.82, 2.24) is 9.55 Å². The Labute approximate surface area is 81.0 Å². The average molecular weight is 187 g/mol. The first-order valence-electron chi connectivity index (χ1n) is 4.16. The summed E-state index contributed by atoms with van der Waals surface area (Å²) in [6, 6.07) is 7.32. The zero-order chi connectivity index (χ0) is 9.97. The number of carbonyl (C=O) groups is 1. The number of para-hydroxylation sites is 2. The zero-order valence-corrected chi connectivity index (χ0v) is 7.42. The number of aromatic nitrogens is 2. The monoisotopic (exact) mass is 187 g/mol. The highest BCUT2D eigenvalue weighted by molar-refractivity contribution is 5.72. The van der Waals surface area contributed by atoms with Crippen molar-refractivity contribution < 1.29 is 4.79 Å². The molecule has 1 aromatic carbocycles. The fourth-order valence-electron chi connectivity index (χ4n) is 1.31. The van der Waals surface area contributed by atoms with E-state index in [1.54, 1.807) is 23.0 Å². The molecule has 0 radical (unpaired) electrons. The Bertz CT molecular complexity index is 462. The molecule has 14 heavy (non-hydrogen) atoms. The molecular formula is C10H9N3O. The highest BCUT2D eigenvalue weighted by Gasteiger charge is 2.05. The summed E-state index contributed by atoms with van der Waals surface area (Å²) in [6.07, 6.45) is 3.97. The van der Waals surface area contributed by atoms with Gasteiger partial charge in [0.15, 0.2) is 12.1 Å². The van der Waals surface area contributed by atoms with E-state index >= 15 is 0 Å². The summed E-state index contributed by atoms with van der Waals surface area (Å²) in [7, 11) is 0. The highest BCUT2D eigenvalue weighted by atomic mass is 16.1. The van der Waals surface area contributed by atoms with Gasteiger partial charge in [-0.2, -0.15) is 0 Å². The summed E-state index contributed by atoms with van der Waals surface area (Å²) in [5.74, 6) is 0.350. The Morgan fingerprint density at radius 3 is 2.86 bits per heavy atom. The Hall–Kier alpha value is -2.10. The molecule has 2 rings (SSSR count). The van der Waals surface area contributed by atoms with Gasteiger partial charge in [-0.15, -0.1) is 0 Å². The van der Waals surface area contributed by atoms with Crippen molar-refractivity contribution in [3.8, 4) is 5.69 Å². The Morgan fingerprint density at radius 2 is 2.14 bits per heavy atom. The minimum Gasteiger partial charge on any atom is -0.397 e. The molecule has 0 atom stereocenters. The standard InChI is InChI=1S/C10H9N3O/c11-8-3-1-2-4-9(8)13-6-5-12-10(13)7-14/h1-7H,11H2. The van der Waals surface area contributed by atoms with Crippen LogP contribution in [0, 0.1) is 0 Å². The van der Waals surface area contributed by atoms with Crippen LogP contribution < -0.4 is 5.73 Å². The number of nitrogen functional groups attached to an aromatic ring is 1. The molecule has 0 aliphatic rings. The molecular weight excluding hydrogens is 178 g/mol. The number of hydrogen-bond donors (Lipinski definition) is 1. The van der Waals surface area contributed by atoms with E-state index in [0.29, 0.717) is 17.8 Å². The maximum absolute atomic E-state index is 10.6. The largest absolute Gasteiger partial charge is 0.397 e. The predicted octanol–water partition coefficient (Wildman–Crippen LogP) is 1.27. The van der Waals surface area contributed by atoms with Gasteiger partial charge in [0.2, 0.25) is 0 Å². The molecule has 0 bridgehead atoms. The molecule has 1 aromatic heterocycles. The van der Waals surface area contributed by atoms with E-state index < -0.39 is 0 Å². The number of hydrogen-bond acceptors (Lipinski definition) is 3. The number of aldehydes is 1. The molecule has 0 saturated heterocycles. The van der Waals surface area contributed by atoms with Crippen LogP contribution in [0.3, 0.4) is 0 Å². The Kier molecular flexibility index (Phi) is 2.02. The number of anilines is 1. The van der Waals surface area contributed by atoms with Gasteiger partial charge < -0.3 is 5.73 Å². The van der Waals surface area contributed by atoms with Gasteiger partial charge in [0.25, 0.3) is 0 Å². The molecule has 0 aliphatic carbocycles. The molecule has 70 valence electrons. The molecule has 4 heteroatoms. The van der Waals surface area contributed by atoms with Gasteiger partial charge in [-0.05, 0) is 12.1 Å². The van der Waals surface area contributed by atoms with Gasteiger partial charge in [0.05, 0.1) is 11.4 Å². The Morgan fingerprint density at radius 1 is 1.36 bits per heavy atom. The van der Waals surface area contributed by atoms with Crippen molar-refractivity contribution >= 4 is 12.0 Å². The smallest absolute Gasteiger partial charge is 0.185 e. The fraction of sp³-hybridized carbons (Fsp3) is 0. The lowest BCUT2D eigenvalue weighted by Gasteiger charge is -2.06. The van der Waals surface area contributed by atoms with E-state index in [1.165, 1.54) is 0 Å². The van der Waals surface area contributed by atoms with Crippen LogP contribution in [0.1, 0.15) is 10.6 Å². The van der Waals surface area contributed by atoms with Crippen molar-refractivity contribution in [2.24, 2.45) is 0 Å². The Balaban J connectivity index is 2.60. The summed E-state index contributed by atoms with van der Waals surface area (Å²) in [5, 5.41) is 0. The van der Waals surface area contributed by atoms with Gasteiger partial charge in [-0.25, -0.2) is 4.98 Å². The maximum Gasteiger partial charge on any atom is 0.185 e. The van der Waals surface area contributed by atoms with Crippen molar-refractivity contribution in [2.75, 3.05) is 5.73 Å². The van der Waals surface area contributed by atoms with Gasteiger partial charge in [-0.1, -0.05) is 12.1 Å². The lowest BCUT2D eigenvalue weighted by molar-refractivity contribution is 0.111. The van der Waals surface area contributed by atoms with Crippen molar-refractivity contribution in [3.63, 3.8) is 0 Å². The van der Waals surface area contributed by atoms with E-state index in [2.05, 4.69) is 4.98 Å². The molecule has 0 amide bonds. The predicted molar refractivity (Wildman–Crippen MR) is 53.4 cm³/mol. The van der Waals surface area contributed by atoms with Crippen LogP contribution >= 0.6 is 0 Å². The van der Waals surface area contributed by atoms with Gasteiger partial charge in [-0.3, -0.25) is 9.36 Å². The van der Waals surface area contributed by atoms with Crippen LogP contribution in [0.5, 0.6) is 0 Å². The van der Waals surface area contributed by atoms with E-state index in [9.17, 15) is 4.79 Å². The van der Waals surface area contributed by atoms with Crippen molar-refractivity contribution in [1.29, 1.82) is 0 Å². The second-order valence-corrected chi connectivity index (χ2v) is 2.83. The molecule has 0 unspecified atom stereocenters. The molecule has 1 heterocycles. The first kappa shape index (κ1) is 8.50. The van der Waals surface area contributed by atoms with Crippen LogP contribution in [-0.4, -0.2) is 15.8 Å². The van der Waals surface area contributed by atoms with Gasteiger partial charge in [0, 0.05) is 12.4 Å². The maximum atomic E-state index is 10.6. The van der Waals surface area contributed by atoms with Crippen molar-refractivity contribution in [3.05, 3.63) is 42.5 Å². The van der Waals surface area contributed by atoms with Crippen LogP contribution in [0.25, 0.3) is 5.69 Å². The second-order valence-electron chi connectivity index (χ2n) is 2.83.